The third kappa shape index (κ3) is 7.67. The molecule has 0 heterocycles. The van der Waals surface area contributed by atoms with Crippen LogP contribution in [-0.4, -0.2) is 31.9 Å². The van der Waals surface area contributed by atoms with Crippen LogP contribution < -0.4 is 9.47 Å². The summed E-state index contributed by atoms with van der Waals surface area (Å²) < 4.78 is 44.2. The summed E-state index contributed by atoms with van der Waals surface area (Å²) in [4.78, 5) is 9.75. The molecule has 37 heavy (non-hydrogen) atoms. The number of hydrogen-bond acceptors (Lipinski definition) is 4. The Kier molecular flexibility index (Phi) is 9.22. The molecular formula is C30H38FO5P. The van der Waals surface area contributed by atoms with Gasteiger partial charge >= 0.3 is 0 Å². The molecule has 0 aromatic heterocycles. The normalized spacial score (nSPS) is 15.1. The molecule has 0 bridgehead atoms. The van der Waals surface area contributed by atoms with Gasteiger partial charge in [0.15, 0.2) is 7.37 Å². The van der Waals surface area contributed by atoms with E-state index in [-0.39, 0.29) is 29.4 Å². The van der Waals surface area contributed by atoms with E-state index in [1.54, 1.807) is 26.4 Å². The van der Waals surface area contributed by atoms with Crippen molar-refractivity contribution in [2.75, 3.05) is 27.0 Å². The monoisotopic (exact) mass is 528 g/mol. The first-order valence-electron chi connectivity index (χ1n) is 12.3. The highest BCUT2D eigenvalue weighted by molar-refractivity contribution is 7.57. The fourth-order valence-electron chi connectivity index (χ4n) is 4.64. The van der Waals surface area contributed by atoms with Crippen LogP contribution in [0.2, 0.25) is 0 Å². The Balaban J connectivity index is 1.94. The molecule has 0 aliphatic heterocycles. The van der Waals surface area contributed by atoms with Gasteiger partial charge < -0.3 is 19.1 Å². The van der Waals surface area contributed by atoms with Gasteiger partial charge in [0, 0.05) is 25.5 Å². The summed E-state index contributed by atoms with van der Waals surface area (Å²) in [6.45, 7) is 9.89. The molecule has 0 saturated heterocycles. The second kappa shape index (κ2) is 11.8. The summed E-state index contributed by atoms with van der Waals surface area (Å²) in [6.07, 6.45) is -0.0757. The van der Waals surface area contributed by atoms with Crippen LogP contribution in [-0.2, 0) is 15.9 Å². The van der Waals surface area contributed by atoms with E-state index in [9.17, 15) is 13.8 Å². The van der Waals surface area contributed by atoms with E-state index in [1.807, 2.05) is 49.4 Å². The zero-order valence-corrected chi connectivity index (χ0v) is 23.6. The fourth-order valence-corrected chi connectivity index (χ4v) is 5.87. The highest BCUT2D eigenvalue weighted by atomic mass is 31.2. The Morgan fingerprint density at radius 3 is 2.32 bits per heavy atom. The summed E-state index contributed by atoms with van der Waals surface area (Å²) in [5.74, 6) is 0.855. The molecule has 0 aliphatic rings. The van der Waals surface area contributed by atoms with E-state index >= 15 is 0 Å². The van der Waals surface area contributed by atoms with Crippen molar-refractivity contribution in [2.45, 2.75) is 46.3 Å². The second-order valence-electron chi connectivity index (χ2n) is 10.7. The van der Waals surface area contributed by atoms with Crippen molar-refractivity contribution in [3.63, 3.8) is 0 Å². The van der Waals surface area contributed by atoms with Crippen LogP contribution in [0.3, 0.4) is 0 Å². The van der Waals surface area contributed by atoms with Gasteiger partial charge in [-0.3, -0.25) is 4.57 Å². The number of methoxy groups -OCH3 is 2. The van der Waals surface area contributed by atoms with E-state index in [0.717, 1.165) is 22.3 Å². The molecule has 3 atom stereocenters. The van der Waals surface area contributed by atoms with Crippen LogP contribution in [0.5, 0.6) is 11.5 Å². The van der Waals surface area contributed by atoms with E-state index in [1.165, 1.54) is 12.7 Å². The topological polar surface area (TPSA) is 65.0 Å². The van der Waals surface area contributed by atoms with Crippen LogP contribution in [0, 0.1) is 11.2 Å². The van der Waals surface area contributed by atoms with Gasteiger partial charge in [-0.15, -0.1) is 0 Å². The molecular weight excluding hydrogens is 490 g/mol. The maximum atomic E-state index is 15.0. The molecule has 1 unspecified atom stereocenters. The van der Waals surface area contributed by atoms with Crippen LogP contribution >= 0.6 is 7.37 Å². The largest absolute Gasteiger partial charge is 0.497 e. The Labute approximate surface area is 220 Å². The molecule has 0 spiro atoms. The van der Waals surface area contributed by atoms with E-state index in [0.29, 0.717) is 23.7 Å². The number of benzene rings is 3. The van der Waals surface area contributed by atoms with Crippen molar-refractivity contribution in [2.24, 2.45) is 5.41 Å². The molecule has 0 saturated carbocycles. The maximum absolute atomic E-state index is 15.0. The molecule has 0 aliphatic carbocycles. The quantitative estimate of drug-likeness (QED) is 0.272. The van der Waals surface area contributed by atoms with Crippen molar-refractivity contribution in [3.8, 4) is 22.6 Å². The first-order valence-corrected chi connectivity index (χ1v) is 14.6. The minimum atomic E-state index is -3.12. The standard InChI is InChI=1S/C30H38FO5P/c1-20(19-37(7,32)33)22-9-8-10-24(16-22)36-18-21-11-13-25(26-17-23(34-5)12-14-28(26)31)27(15-21)29(35-6)30(2,3)4/h8-17,20,29H,18-19H2,1-7H3,(H,32,33)/t20-,29+/m0/s1. The summed E-state index contributed by atoms with van der Waals surface area (Å²) in [6, 6.07) is 18.2. The SMILES string of the molecule is COc1ccc(F)c(-c2ccc(COc3cccc([C@@H](C)CP(C)(=O)O)c3)cc2[C@@H](OC)C(C)(C)C)c1. The Morgan fingerprint density at radius 2 is 1.70 bits per heavy atom. The van der Waals surface area contributed by atoms with Crippen molar-refractivity contribution in [1.82, 2.24) is 0 Å². The molecule has 7 heteroatoms. The van der Waals surface area contributed by atoms with Gasteiger partial charge in [-0.1, -0.05) is 52.0 Å². The third-order valence-corrected chi connectivity index (χ3v) is 7.55. The highest BCUT2D eigenvalue weighted by Crippen LogP contribution is 2.43. The minimum absolute atomic E-state index is 0.0673. The summed E-state index contributed by atoms with van der Waals surface area (Å²) in [7, 11) is 0.103. The minimum Gasteiger partial charge on any atom is -0.497 e. The van der Waals surface area contributed by atoms with Gasteiger partial charge in [0.25, 0.3) is 0 Å². The van der Waals surface area contributed by atoms with Crippen molar-refractivity contribution in [3.05, 3.63) is 83.2 Å². The molecule has 3 aromatic rings. The fraction of sp³-hybridized carbons (Fsp3) is 0.400. The molecule has 5 nitrogen and oxygen atoms in total. The smallest absolute Gasteiger partial charge is 0.198 e. The van der Waals surface area contributed by atoms with Crippen molar-refractivity contribution < 1.29 is 28.1 Å². The Morgan fingerprint density at radius 1 is 0.973 bits per heavy atom. The lowest BCUT2D eigenvalue weighted by Crippen LogP contribution is -2.21. The number of hydrogen-bond donors (Lipinski definition) is 1. The zero-order chi connectivity index (χ0) is 27.4. The van der Waals surface area contributed by atoms with Crippen molar-refractivity contribution in [1.29, 1.82) is 0 Å². The number of halogens is 1. The van der Waals surface area contributed by atoms with Gasteiger partial charge in [0.05, 0.1) is 13.2 Å². The predicted octanol–water partition coefficient (Wildman–Crippen LogP) is 7.82. The average Bonchev–Trinajstić information content (AvgIpc) is 2.82. The zero-order valence-electron chi connectivity index (χ0n) is 22.7. The average molecular weight is 529 g/mol. The first-order chi connectivity index (χ1) is 17.3. The molecule has 0 radical (unpaired) electrons. The third-order valence-electron chi connectivity index (χ3n) is 6.33. The Bertz CT molecular complexity index is 1260. The van der Waals surface area contributed by atoms with Gasteiger partial charge in [-0.2, -0.15) is 0 Å². The number of ether oxygens (including phenoxy) is 3. The van der Waals surface area contributed by atoms with E-state index in [4.69, 9.17) is 14.2 Å². The summed E-state index contributed by atoms with van der Waals surface area (Å²) >= 11 is 0. The number of rotatable bonds is 10. The van der Waals surface area contributed by atoms with Gasteiger partial charge in [-0.25, -0.2) is 4.39 Å². The maximum Gasteiger partial charge on any atom is 0.198 e. The Hall–Kier alpha value is -2.66. The van der Waals surface area contributed by atoms with E-state index < -0.39 is 7.37 Å². The lowest BCUT2D eigenvalue weighted by atomic mass is 9.81. The van der Waals surface area contributed by atoms with Crippen LogP contribution in [0.4, 0.5) is 4.39 Å². The van der Waals surface area contributed by atoms with Crippen LogP contribution in [0.1, 0.15) is 56.4 Å². The van der Waals surface area contributed by atoms with Crippen LogP contribution in [0.25, 0.3) is 11.1 Å². The van der Waals surface area contributed by atoms with Gasteiger partial charge in [0.2, 0.25) is 0 Å². The summed E-state index contributed by atoms with van der Waals surface area (Å²) in [5.41, 5.74) is 3.68. The molecule has 200 valence electrons. The lowest BCUT2D eigenvalue weighted by molar-refractivity contribution is 0.0155. The molecule has 0 amide bonds. The second-order valence-corrected chi connectivity index (χ2v) is 13.2. The van der Waals surface area contributed by atoms with E-state index in [2.05, 4.69) is 20.8 Å². The van der Waals surface area contributed by atoms with Crippen LogP contribution in [0.15, 0.2) is 60.7 Å². The molecule has 1 N–H and O–H groups in total. The molecule has 3 aromatic carbocycles. The molecule has 0 fully saturated rings. The predicted molar refractivity (Wildman–Crippen MR) is 147 cm³/mol. The first kappa shape index (κ1) is 28.9. The van der Waals surface area contributed by atoms with Crippen molar-refractivity contribution >= 4 is 7.37 Å². The molecule has 3 rings (SSSR count). The van der Waals surface area contributed by atoms with Gasteiger partial charge in [-0.05, 0) is 70.0 Å². The van der Waals surface area contributed by atoms with Gasteiger partial charge in [0.1, 0.15) is 23.9 Å². The summed E-state index contributed by atoms with van der Waals surface area (Å²) in [5, 5.41) is 0. The lowest BCUT2D eigenvalue weighted by Gasteiger charge is -2.32. The highest BCUT2D eigenvalue weighted by Gasteiger charge is 2.29.